The van der Waals surface area contributed by atoms with Crippen LogP contribution in [0.5, 0.6) is 0 Å². The summed E-state index contributed by atoms with van der Waals surface area (Å²) in [5.41, 5.74) is 0. The first-order chi connectivity index (χ1) is 40.5. The number of methoxy groups -OCH3 is 1. The van der Waals surface area contributed by atoms with Crippen LogP contribution >= 0.6 is 0 Å². The maximum Gasteiger partial charge on any atom is 0.309 e. The lowest BCUT2D eigenvalue weighted by atomic mass is 9.91. The van der Waals surface area contributed by atoms with Crippen molar-refractivity contribution in [2.24, 2.45) is 11.8 Å². The van der Waals surface area contributed by atoms with Crippen LogP contribution in [0.25, 0.3) is 0 Å². The minimum absolute atomic E-state index is 0.461. The highest BCUT2D eigenvalue weighted by Gasteiger charge is 2.25. The van der Waals surface area contributed by atoms with E-state index in [1.807, 2.05) is 7.11 Å². The van der Waals surface area contributed by atoms with Crippen LogP contribution < -0.4 is 0 Å². The van der Waals surface area contributed by atoms with Crippen LogP contribution in [0.4, 0.5) is 0 Å². The van der Waals surface area contributed by atoms with Gasteiger partial charge in [-0.3, -0.25) is 4.79 Å². The summed E-state index contributed by atoms with van der Waals surface area (Å²) in [6.07, 6.45) is 95.3. The Labute approximate surface area is 517 Å². The number of carbonyl (C=O) groups is 1. The molecular formula is C78H154O4. The summed E-state index contributed by atoms with van der Waals surface area (Å²) in [5, 5.41) is 20.5. The molecule has 490 valence electrons. The molecule has 0 aliphatic rings. The van der Waals surface area contributed by atoms with E-state index in [1.165, 1.54) is 392 Å². The zero-order chi connectivity index (χ0) is 59.4. The second kappa shape index (κ2) is 70.9. The van der Waals surface area contributed by atoms with Crippen LogP contribution in [-0.4, -0.2) is 35.5 Å². The molecule has 0 aliphatic heterocycles. The Morgan fingerprint density at radius 3 is 0.756 bits per heavy atom. The quantitative estimate of drug-likeness (QED) is 0.0470. The van der Waals surface area contributed by atoms with E-state index < -0.39 is 18.0 Å². The van der Waals surface area contributed by atoms with Gasteiger partial charge in [-0.25, -0.2) is 0 Å². The number of rotatable bonds is 73. The number of aliphatic hydroxyl groups is 1. The van der Waals surface area contributed by atoms with E-state index in [0.717, 1.165) is 25.7 Å². The summed E-state index contributed by atoms with van der Waals surface area (Å²) in [6, 6.07) is 0. The molecule has 0 saturated carbocycles. The van der Waals surface area contributed by atoms with Gasteiger partial charge in [0, 0.05) is 7.11 Å². The lowest BCUT2D eigenvalue weighted by Gasteiger charge is -2.22. The standard InChI is InChI=1S/C78H154O4/c1-5-7-9-11-13-15-17-19-21-23-24-36-39-43-47-51-55-59-63-67-71-75(78(80)81)76(79)72-68-64-60-56-52-48-44-40-37-34-32-30-28-26-25-27-29-31-33-35-38-41-45-49-53-57-61-65-69-73-77(82-4)74(3)70-66-62-58-54-50-46-42-22-20-18-16-14-12-10-8-6-2/h33,35,74-77,79H,5-32,34,36-73H2,1-4H3,(H,80,81)/b35-33-. The highest BCUT2D eigenvalue weighted by Crippen LogP contribution is 2.25. The zero-order valence-electron chi connectivity index (χ0n) is 57.1. The van der Waals surface area contributed by atoms with Gasteiger partial charge in [-0.1, -0.05) is 412 Å². The number of hydrogen-bond acceptors (Lipinski definition) is 3. The van der Waals surface area contributed by atoms with Gasteiger partial charge < -0.3 is 14.9 Å². The molecule has 0 aliphatic carbocycles. The molecule has 0 radical (unpaired) electrons. The van der Waals surface area contributed by atoms with E-state index in [1.54, 1.807) is 0 Å². The van der Waals surface area contributed by atoms with Crippen LogP contribution in [0.3, 0.4) is 0 Å². The van der Waals surface area contributed by atoms with Crippen molar-refractivity contribution in [2.45, 2.75) is 463 Å². The maximum atomic E-state index is 11.9. The number of aliphatic hydroxyl groups excluding tert-OH is 1. The molecule has 0 heterocycles. The smallest absolute Gasteiger partial charge is 0.309 e. The average molecular weight is 1160 g/mol. The monoisotopic (exact) mass is 1160 g/mol. The van der Waals surface area contributed by atoms with Crippen LogP contribution in [-0.2, 0) is 9.53 Å². The van der Waals surface area contributed by atoms with Crippen molar-refractivity contribution >= 4 is 5.97 Å². The van der Waals surface area contributed by atoms with Crippen LogP contribution in [0, 0.1) is 11.8 Å². The van der Waals surface area contributed by atoms with Crippen molar-refractivity contribution in [1.29, 1.82) is 0 Å². The minimum Gasteiger partial charge on any atom is -0.481 e. The number of allylic oxidation sites excluding steroid dienone is 2. The second-order valence-electron chi connectivity index (χ2n) is 27.3. The number of ether oxygens (including phenoxy) is 1. The Morgan fingerprint density at radius 1 is 0.305 bits per heavy atom. The highest BCUT2D eigenvalue weighted by molar-refractivity contribution is 5.70. The topological polar surface area (TPSA) is 66.8 Å². The van der Waals surface area contributed by atoms with E-state index >= 15 is 0 Å². The molecule has 0 aromatic carbocycles. The van der Waals surface area contributed by atoms with Crippen molar-refractivity contribution < 1.29 is 19.7 Å². The summed E-state index contributed by atoms with van der Waals surface area (Å²) < 4.78 is 5.97. The van der Waals surface area contributed by atoms with Crippen molar-refractivity contribution in [3.8, 4) is 0 Å². The predicted octanol–water partition coefficient (Wildman–Crippen LogP) is 27.4. The minimum atomic E-state index is -0.802. The molecule has 0 bridgehead atoms. The third-order valence-electron chi connectivity index (χ3n) is 19.2. The first-order valence-electron chi connectivity index (χ1n) is 38.6. The van der Waals surface area contributed by atoms with E-state index in [2.05, 4.69) is 32.9 Å². The molecule has 82 heavy (non-hydrogen) atoms. The lowest BCUT2D eigenvalue weighted by Crippen LogP contribution is -2.28. The Bertz CT molecular complexity index is 1200. The first-order valence-corrected chi connectivity index (χ1v) is 38.6. The van der Waals surface area contributed by atoms with Crippen molar-refractivity contribution in [3.63, 3.8) is 0 Å². The number of unbranched alkanes of at least 4 members (excludes halogenated alkanes) is 59. The summed E-state index contributed by atoms with van der Waals surface area (Å²) in [5.74, 6) is -0.683. The number of carboxylic acid groups (broad SMARTS) is 1. The summed E-state index contributed by atoms with van der Waals surface area (Å²) in [4.78, 5) is 11.9. The lowest BCUT2D eigenvalue weighted by molar-refractivity contribution is -0.146. The van der Waals surface area contributed by atoms with Gasteiger partial charge >= 0.3 is 5.97 Å². The fraction of sp³-hybridized carbons (Fsp3) is 0.962. The van der Waals surface area contributed by atoms with Crippen molar-refractivity contribution in [3.05, 3.63) is 12.2 Å². The fourth-order valence-electron chi connectivity index (χ4n) is 13.3. The second-order valence-corrected chi connectivity index (χ2v) is 27.3. The Hall–Kier alpha value is -0.870. The normalized spacial score (nSPS) is 13.4. The van der Waals surface area contributed by atoms with Gasteiger partial charge in [-0.2, -0.15) is 0 Å². The van der Waals surface area contributed by atoms with Gasteiger partial charge in [-0.15, -0.1) is 0 Å². The Balaban J connectivity index is 3.44. The molecule has 0 saturated heterocycles. The van der Waals surface area contributed by atoms with Gasteiger partial charge in [0.1, 0.15) is 0 Å². The molecule has 0 fully saturated rings. The van der Waals surface area contributed by atoms with Crippen LogP contribution in [0.2, 0.25) is 0 Å². The molecule has 4 unspecified atom stereocenters. The summed E-state index contributed by atoms with van der Waals surface area (Å²) in [7, 11) is 1.95. The Morgan fingerprint density at radius 2 is 0.512 bits per heavy atom. The molecule has 0 rings (SSSR count). The summed E-state index contributed by atoms with van der Waals surface area (Å²) >= 11 is 0. The van der Waals surface area contributed by atoms with Crippen molar-refractivity contribution in [2.75, 3.05) is 7.11 Å². The number of aliphatic carboxylic acids is 1. The molecule has 4 nitrogen and oxygen atoms in total. The molecule has 0 aromatic rings. The largest absolute Gasteiger partial charge is 0.481 e. The highest BCUT2D eigenvalue weighted by atomic mass is 16.5. The zero-order valence-corrected chi connectivity index (χ0v) is 57.1. The van der Waals surface area contributed by atoms with E-state index in [9.17, 15) is 15.0 Å². The van der Waals surface area contributed by atoms with E-state index in [-0.39, 0.29) is 0 Å². The molecule has 0 spiro atoms. The average Bonchev–Trinajstić information content (AvgIpc) is 3.49. The molecule has 0 amide bonds. The molecular weight excluding hydrogens is 1000 g/mol. The fourth-order valence-corrected chi connectivity index (χ4v) is 13.3. The van der Waals surface area contributed by atoms with E-state index in [4.69, 9.17) is 4.74 Å². The number of carboxylic acids is 1. The van der Waals surface area contributed by atoms with Gasteiger partial charge in [0.15, 0.2) is 0 Å². The van der Waals surface area contributed by atoms with Gasteiger partial charge in [0.2, 0.25) is 0 Å². The SMILES string of the molecule is CCCCCCCCCCCCCCCCCCCCCCC(C(=O)O)C(O)CCCCCCCCCCCCCCCCCCC/C=C\CCCCCCCCCCC(OC)C(C)CCCCCCCCCCCCCCCCCC. The molecule has 4 atom stereocenters. The van der Waals surface area contributed by atoms with E-state index in [0.29, 0.717) is 24.9 Å². The Kier molecular flexibility index (Phi) is 70.1. The third-order valence-corrected chi connectivity index (χ3v) is 19.2. The van der Waals surface area contributed by atoms with Crippen molar-refractivity contribution in [1.82, 2.24) is 0 Å². The molecule has 2 N–H and O–H groups in total. The summed E-state index contributed by atoms with van der Waals surface area (Å²) in [6.45, 7) is 7.04. The molecule has 0 aromatic heterocycles. The van der Waals surface area contributed by atoms with Crippen LogP contribution in [0.15, 0.2) is 12.2 Å². The number of hydrogen-bond donors (Lipinski definition) is 2. The van der Waals surface area contributed by atoms with Gasteiger partial charge in [-0.05, 0) is 57.3 Å². The third kappa shape index (κ3) is 63.6. The van der Waals surface area contributed by atoms with Gasteiger partial charge in [0.25, 0.3) is 0 Å². The predicted molar refractivity (Wildman–Crippen MR) is 367 cm³/mol. The van der Waals surface area contributed by atoms with Crippen LogP contribution in [0.1, 0.15) is 451 Å². The maximum absolute atomic E-state index is 11.9. The van der Waals surface area contributed by atoms with Gasteiger partial charge in [0.05, 0.1) is 18.1 Å². The molecule has 4 heteroatoms. The first kappa shape index (κ1) is 81.1.